The summed E-state index contributed by atoms with van der Waals surface area (Å²) in [6, 6.07) is 13.1. The minimum atomic E-state index is -0.911. The van der Waals surface area contributed by atoms with Crippen molar-refractivity contribution in [3.8, 4) is 0 Å². The van der Waals surface area contributed by atoms with Gasteiger partial charge in [0.15, 0.2) is 0 Å². The summed E-state index contributed by atoms with van der Waals surface area (Å²) in [6.45, 7) is 0. The van der Waals surface area contributed by atoms with E-state index in [-0.39, 0.29) is 36.2 Å². The Labute approximate surface area is 174 Å². The summed E-state index contributed by atoms with van der Waals surface area (Å²) < 4.78 is 13.3. The zero-order valence-electron chi connectivity index (χ0n) is 16.5. The molecule has 2 fully saturated rings. The number of anilines is 1. The molecule has 0 radical (unpaired) electrons. The number of amides is 3. The van der Waals surface area contributed by atoms with Gasteiger partial charge in [-0.25, -0.2) is 4.39 Å². The van der Waals surface area contributed by atoms with Crippen molar-refractivity contribution in [2.45, 2.75) is 50.2 Å². The van der Waals surface area contributed by atoms with E-state index in [1.165, 1.54) is 24.3 Å². The van der Waals surface area contributed by atoms with Gasteiger partial charge in [0, 0.05) is 17.3 Å². The van der Waals surface area contributed by atoms with Gasteiger partial charge in [0.2, 0.25) is 11.8 Å². The van der Waals surface area contributed by atoms with Gasteiger partial charge < -0.3 is 15.5 Å². The number of nitrogens with zero attached hydrogens (tertiary/aromatic N) is 1. The lowest BCUT2D eigenvalue weighted by Crippen LogP contribution is -2.68. The largest absolute Gasteiger partial charge is 0.349 e. The second-order valence-corrected chi connectivity index (χ2v) is 7.82. The number of piperazine rings is 1. The van der Waals surface area contributed by atoms with Gasteiger partial charge in [0.25, 0.3) is 5.91 Å². The maximum Gasteiger partial charge on any atom is 0.254 e. The summed E-state index contributed by atoms with van der Waals surface area (Å²) in [7, 11) is 0. The molecule has 2 aliphatic rings. The molecule has 1 saturated heterocycles. The Bertz CT molecular complexity index is 932. The summed E-state index contributed by atoms with van der Waals surface area (Å²) in [4.78, 5) is 40.5. The Kier molecular flexibility index (Phi) is 5.79. The Morgan fingerprint density at radius 1 is 1.03 bits per heavy atom. The number of carbonyl (C=O) groups excluding carboxylic acids is 3. The maximum absolute atomic E-state index is 13.4. The van der Waals surface area contributed by atoms with Crippen molar-refractivity contribution in [2.75, 3.05) is 5.32 Å². The molecule has 3 atom stereocenters. The van der Waals surface area contributed by atoms with Gasteiger partial charge in [-0.2, -0.15) is 0 Å². The minimum absolute atomic E-state index is 0.121. The lowest BCUT2D eigenvalue weighted by Gasteiger charge is -2.48. The van der Waals surface area contributed by atoms with Crippen molar-refractivity contribution >= 4 is 23.4 Å². The number of halogens is 1. The van der Waals surface area contributed by atoms with Gasteiger partial charge in [0.1, 0.15) is 11.9 Å². The number of rotatable bonds is 4. The quantitative estimate of drug-likeness (QED) is 0.815. The zero-order valence-corrected chi connectivity index (χ0v) is 16.5. The van der Waals surface area contributed by atoms with Crippen molar-refractivity contribution in [1.29, 1.82) is 0 Å². The predicted octanol–water partition coefficient (Wildman–Crippen LogP) is 3.11. The third-order valence-corrected chi connectivity index (χ3v) is 5.81. The first-order chi connectivity index (χ1) is 14.5. The van der Waals surface area contributed by atoms with E-state index in [2.05, 4.69) is 10.6 Å². The Morgan fingerprint density at radius 2 is 1.73 bits per heavy atom. The van der Waals surface area contributed by atoms with Gasteiger partial charge in [-0.05, 0) is 49.2 Å². The number of benzene rings is 2. The number of hydrogen-bond acceptors (Lipinski definition) is 3. The van der Waals surface area contributed by atoms with Crippen LogP contribution in [-0.4, -0.2) is 40.7 Å². The van der Waals surface area contributed by atoms with Crippen molar-refractivity contribution in [2.24, 2.45) is 0 Å². The van der Waals surface area contributed by atoms with Crippen LogP contribution in [0.1, 0.15) is 42.5 Å². The van der Waals surface area contributed by atoms with Crippen LogP contribution in [0, 0.1) is 5.82 Å². The molecule has 30 heavy (non-hydrogen) atoms. The molecule has 4 rings (SSSR count). The van der Waals surface area contributed by atoms with E-state index < -0.39 is 11.9 Å². The number of fused-ring (bicyclic) bond motifs is 1. The van der Waals surface area contributed by atoms with Gasteiger partial charge in [-0.3, -0.25) is 14.4 Å². The fourth-order valence-electron chi connectivity index (χ4n) is 4.38. The fraction of sp³-hybridized carbons (Fsp3) is 0.348. The van der Waals surface area contributed by atoms with Crippen molar-refractivity contribution < 1.29 is 18.8 Å². The Balaban J connectivity index is 1.60. The molecule has 6 nitrogen and oxygen atoms in total. The van der Waals surface area contributed by atoms with Gasteiger partial charge in [-0.1, -0.05) is 31.0 Å². The molecule has 2 N–H and O–H groups in total. The minimum Gasteiger partial charge on any atom is -0.349 e. The molecule has 2 aromatic carbocycles. The van der Waals surface area contributed by atoms with E-state index in [4.69, 9.17) is 0 Å². The smallest absolute Gasteiger partial charge is 0.254 e. The normalized spacial score (nSPS) is 23.3. The molecule has 0 aromatic heterocycles. The van der Waals surface area contributed by atoms with Crippen LogP contribution in [0.4, 0.5) is 10.1 Å². The van der Waals surface area contributed by atoms with Crippen LogP contribution < -0.4 is 10.6 Å². The lowest BCUT2D eigenvalue weighted by atomic mass is 9.84. The van der Waals surface area contributed by atoms with Crippen LogP contribution in [0.5, 0.6) is 0 Å². The summed E-state index contributed by atoms with van der Waals surface area (Å²) in [6.07, 6.45) is 3.35. The van der Waals surface area contributed by atoms with E-state index in [9.17, 15) is 18.8 Å². The Hall–Kier alpha value is -3.22. The summed E-state index contributed by atoms with van der Waals surface area (Å²) >= 11 is 0. The van der Waals surface area contributed by atoms with Crippen LogP contribution in [0.15, 0.2) is 54.6 Å². The standard InChI is InChI=1S/C23H24FN3O3/c24-16-12-10-15(11-13-16)23(30)27-19-9-5-4-8-18(19)26-22(29)20(27)14-21(28)25-17-6-2-1-3-7-17/h1-3,6-7,10-13,18-20H,4-5,8-9,14H2,(H,25,28)(H,26,29). The molecule has 3 amide bonds. The van der Waals surface area contributed by atoms with Crippen molar-refractivity contribution in [1.82, 2.24) is 10.2 Å². The molecule has 0 spiro atoms. The van der Waals surface area contributed by atoms with Crippen LogP contribution in [0.2, 0.25) is 0 Å². The highest BCUT2D eigenvalue weighted by Crippen LogP contribution is 2.31. The number of carbonyl (C=O) groups is 3. The van der Waals surface area contributed by atoms with Crippen molar-refractivity contribution in [3.63, 3.8) is 0 Å². The second-order valence-electron chi connectivity index (χ2n) is 7.82. The Morgan fingerprint density at radius 3 is 2.47 bits per heavy atom. The van der Waals surface area contributed by atoms with E-state index in [0.717, 1.165) is 25.7 Å². The summed E-state index contributed by atoms with van der Waals surface area (Å²) in [5, 5.41) is 5.79. The van der Waals surface area contributed by atoms with E-state index in [0.29, 0.717) is 11.3 Å². The monoisotopic (exact) mass is 409 g/mol. The van der Waals surface area contributed by atoms with Crippen LogP contribution in [0.25, 0.3) is 0 Å². The highest BCUT2D eigenvalue weighted by Gasteiger charge is 2.46. The third kappa shape index (κ3) is 4.20. The lowest BCUT2D eigenvalue weighted by molar-refractivity contribution is -0.135. The number of para-hydroxylation sites is 1. The molecule has 1 heterocycles. The van der Waals surface area contributed by atoms with Gasteiger partial charge in [0.05, 0.1) is 12.5 Å². The highest BCUT2D eigenvalue weighted by molar-refractivity contribution is 6.01. The zero-order chi connectivity index (χ0) is 21.1. The maximum atomic E-state index is 13.4. The van der Waals surface area contributed by atoms with E-state index in [1.54, 1.807) is 29.2 Å². The van der Waals surface area contributed by atoms with Crippen LogP contribution >= 0.6 is 0 Å². The highest BCUT2D eigenvalue weighted by atomic mass is 19.1. The third-order valence-electron chi connectivity index (χ3n) is 5.81. The second kappa shape index (κ2) is 8.65. The first-order valence-electron chi connectivity index (χ1n) is 10.3. The van der Waals surface area contributed by atoms with E-state index >= 15 is 0 Å². The molecule has 3 unspecified atom stereocenters. The molecule has 7 heteroatoms. The molecule has 1 aliphatic carbocycles. The van der Waals surface area contributed by atoms with Gasteiger partial charge in [-0.15, -0.1) is 0 Å². The molecular weight excluding hydrogens is 385 g/mol. The first kappa shape index (κ1) is 20.1. The first-order valence-corrected chi connectivity index (χ1v) is 10.3. The number of nitrogens with one attached hydrogen (secondary N) is 2. The van der Waals surface area contributed by atoms with E-state index in [1.807, 2.05) is 6.07 Å². The summed E-state index contributed by atoms with van der Waals surface area (Å²) in [5.41, 5.74) is 0.939. The number of hydrogen-bond donors (Lipinski definition) is 2. The topological polar surface area (TPSA) is 78.5 Å². The van der Waals surface area contributed by atoms with Crippen molar-refractivity contribution in [3.05, 3.63) is 66.0 Å². The average Bonchev–Trinajstić information content (AvgIpc) is 2.75. The molecule has 2 aromatic rings. The molecule has 1 aliphatic heterocycles. The predicted molar refractivity (Wildman–Crippen MR) is 110 cm³/mol. The molecule has 0 bridgehead atoms. The van der Waals surface area contributed by atoms with Crippen LogP contribution in [0.3, 0.4) is 0 Å². The fourth-order valence-corrected chi connectivity index (χ4v) is 4.38. The average molecular weight is 409 g/mol. The SMILES string of the molecule is O=C(CC1C(=O)NC2CCCCC2N1C(=O)c1ccc(F)cc1)Nc1ccccc1. The van der Waals surface area contributed by atoms with Gasteiger partial charge >= 0.3 is 0 Å². The molecular formula is C23H24FN3O3. The van der Waals surface area contributed by atoms with Crippen LogP contribution in [-0.2, 0) is 9.59 Å². The molecule has 156 valence electrons. The summed E-state index contributed by atoms with van der Waals surface area (Å²) in [5.74, 6) is -1.44. The molecule has 1 saturated carbocycles.